The Labute approximate surface area is 77.3 Å². The highest BCUT2D eigenvalue weighted by atomic mass is 32.2. The highest BCUT2D eigenvalue weighted by Gasteiger charge is 2.37. The third-order valence-corrected chi connectivity index (χ3v) is 2.63. The molecule has 0 aromatic heterocycles. The van der Waals surface area contributed by atoms with Gasteiger partial charge < -0.3 is 5.11 Å². The van der Waals surface area contributed by atoms with Crippen LogP contribution in [0.4, 0.5) is 0 Å². The topological polar surface area (TPSA) is 109 Å². The van der Waals surface area contributed by atoms with Gasteiger partial charge in [-0.05, 0) is 12.8 Å². The Morgan fingerprint density at radius 3 is 1.92 bits per heavy atom. The molecular formula is C6H14N2O4S. The number of hydrogen-bond acceptors (Lipinski definition) is 3. The van der Waals surface area contributed by atoms with Crippen molar-refractivity contribution < 1.29 is 18.3 Å². The van der Waals surface area contributed by atoms with Crippen LogP contribution in [0.2, 0.25) is 0 Å². The molecule has 0 aliphatic rings. The summed E-state index contributed by atoms with van der Waals surface area (Å²) in [5.41, 5.74) is -1.48. The molecule has 0 saturated heterocycles. The largest absolute Gasteiger partial charge is 0.480 e. The van der Waals surface area contributed by atoms with Crippen molar-refractivity contribution in [1.82, 2.24) is 4.72 Å². The highest BCUT2D eigenvalue weighted by molar-refractivity contribution is 7.87. The lowest BCUT2D eigenvalue weighted by atomic mass is 9.95. The first-order valence-corrected chi connectivity index (χ1v) is 5.37. The van der Waals surface area contributed by atoms with Gasteiger partial charge in [-0.15, -0.1) is 0 Å². The van der Waals surface area contributed by atoms with Crippen molar-refractivity contribution in [2.45, 2.75) is 32.2 Å². The van der Waals surface area contributed by atoms with Crippen LogP contribution in [-0.4, -0.2) is 25.0 Å². The summed E-state index contributed by atoms with van der Waals surface area (Å²) in [6.45, 7) is 3.16. The zero-order chi connectivity index (χ0) is 10.7. The molecule has 6 nitrogen and oxygen atoms in total. The zero-order valence-electron chi connectivity index (χ0n) is 7.57. The fourth-order valence-corrected chi connectivity index (χ4v) is 1.93. The molecule has 0 aliphatic heterocycles. The van der Waals surface area contributed by atoms with Gasteiger partial charge in [-0.25, -0.2) is 5.14 Å². The van der Waals surface area contributed by atoms with Crippen molar-refractivity contribution in [3.63, 3.8) is 0 Å². The van der Waals surface area contributed by atoms with Crippen LogP contribution in [0.1, 0.15) is 26.7 Å². The molecule has 13 heavy (non-hydrogen) atoms. The molecule has 0 radical (unpaired) electrons. The van der Waals surface area contributed by atoms with E-state index in [4.69, 9.17) is 10.2 Å². The molecule has 78 valence electrons. The number of carbonyl (C=O) groups is 1. The first-order chi connectivity index (χ1) is 5.77. The summed E-state index contributed by atoms with van der Waals surface area (Å²) in [6.07, 6.45) is 0.296. The van der Waals surface area contributed by atoms with Crippen LogP contribution in [0.5, 0.6) is 0 Å². The van der Waals surface area contributed by atoms with E-state index in [1.807, 2.05) is 4.72 Å². The maximum Gasteiger partial charge on any atom is 0.324 e. The van der Waals surface area contributed by atoms with Crippen LogP contribution in [0.3, 0.4) is 0 Å². The van der Waals surface area contributed by atoms with E-state index in [9.17, 15) is 13.2 Å². The SMILES string of the molecule is CCC(CC)(NS(N)(=O)=O)C(=O)O. The lowest BCUT2D eigenvalue weighted by Gasteiger charge is -2.26. The van der Waals surface area contributed by atoms with Crippen molar-refractivity contribution in [3.8, 4) is 0 Å². The first kappa shape index (κ1) is 12.3. The van der Waals surface area contributed by atoms with Crippen LogP contribution in [-0.2, 0) is 15.0 Å². The molecule has 0 saturated carbocycles. The van der Waals surface area contributed by atoms with E-state index in [0.717, 1.165) is 0 Å². The molecule has 7 heteroatoms. The van der Waals surface area contributed by atoms with Crippen LogP contribution in [0, 0.1) is 0 Å². The Bertz CT molecular complexity index is 281. The van der Waals surface area contributed by atoms with Crippen molar-refractivity contribution in [2.75, 3.05) is 0 Å². The number of rotatable bonds is 5. The maximum absolute atomic E-state index is 10.8. The van der Waals surface area contributed by atoms with Gasteiger partial charge in [-0.2, -0.15) is 13.1 Å². The standard InChI is InChI=1S/C6H14N2O4S/c1-3-6(4-2,5(9)10)8-13(7,11)12/h8H,3-4H2,1-2H3,(H,9,10)(H2,7,11,12). The van der Waals surface area contributed by atoms with Crippen LogP contribution >= 0.6 is 0 Å². The summed E-state index contributed by atoms with van der Waals surface area (Å²) in [5, 5.41) is 13.5. The Hall–Kier alpha value is -0.660. The van der Waals surface area contributed by atoms with E-state index >= 15 is 0 Å². The lowest BCUT2D eigenvalue weighted by Crippen LogP contribution is -2.55. The summed E-state index contributed by atoms with van der Waals surface area (Å²) in [7, 11) is -3.98. The molecule has 0 atom stereocenters. The third-order valence-electron chi connectivity index (χ3n) is 1.95. The molecule has 0 spiro atoms. The van der Waals surface area contributed by atoms with E-state index in [1.165, 1.54) is 0 Å². The summed E-state index contributed by atoms with van der Waals surface area (Å²) in [6, 6.07) is 0. The van der Waals surface area contributed by atoms with E-state index in [1.54, 1.807) is 13.8 Å². The van der Waals surface area contributed by atoms with Crippen LogP contribution in [0.25, 0.3) is 0 Å². The van der Waals surface area contributed by atoms with Crippen molar-refractivity contribution in [3.05, 3.63) is 0 Å². The highest BCUT2D eigenvalue weighted by Crippen LogP contribution is 2.15. The van der Waals surface area contributed by atoms with E-state index in [-0.39, 0.29) is 12.8 Å². The molecule has 4 N–H and O–H groups in total. The van der Waals surface area contributed by atoms with Crippen molar-refractivity contribution in [2.24, 2.45) is 5.14 Å². The van der Waals surface area contributed by atoms with E-state index in [0.29, 0.717) is 0 Å². The molecule has 0 bridgehead atoms. The van der Waals surface area contributed by atoms with Crippen LogP contribution < -0.4 is 9.86 Å². The zero-order valence-corrected chi connectivity index (χ0v) is 8.39. The summed E-state index contributed by atoms with van der Waals surface area (Å²) < 4.78 is 23.3. The lowest BCUT2D eigenvalue weighted by molar-refractivity contribution is -0.144. The first-order valence-electron chi connectivity index (χ1n) is 3.82. The molecule has 0 amide bonds. The Morgan fingerprint density at radius 1 is 1.46 bits per heavy atom. The minimum absolute atomic E-state index is 0.148. The predicted octanol–water partition coefficient (Wildman–Crippen LogP) is -0.577. The second-order valence-electron chi connectivity index (χ2n) is 2.74. The molecular weight excluding hydrogens is 196 g/mol. The molecule has 0 aromatic carbocycles. The van der Waals surface area contributed by atoms with Gasteiger partial charge in [0.1, 0.15) is 5.54 Å². The monoisotopic (exact) mass is 210 g/mol. The van der Waals surface area contributed by atoms with Gasteiger partial charge in [-0.1, -0.05) is 13.8 Å². The van der Waals surface area contributed by atoms with Crippen molar-refractivity contribution >= 4 is 16.2 Å². The Kier molecular flexibility index (Phi) is 3.83. The predicted molar refractivity (Wildman–Crippen MR) is 47.2 cm³/mol. The minimum Gasteiger partial charge on any atom is -0.480 e. The number of carboxylic acid groups (broad SMARTS) is 1. The summed E-state index contributed by atoms with van der Waals surface area (Å²) in [5.74, 6) is -1.22. The van der Waals surface area contributed by atoms with Crippen LogP contribution in [0.15, 0.2) is 0 Å². The molecule has 0 heterocycles. The fourth-order valence-electron chi connectivity index (χ4n) is 1.01. The van der Waals surface area contributed by atoms with Gasteiger partial charge >= 0.3 is 5.97 Å². The fraction of sp³-hybridized carbons (Fsp3) is 0.833. The number of hydrogen-bond donors (Lipinski definition) is 3. The minimum atomic E-state index is -3.98. The third kappa shape index (κ3) is 3.29. The molecule has 0 aromatic rings. The molecule has 0 aliphatic carbocycles. The second kappa shape index (κ2) is 4.03. The average molecular weight is 210 g/mol. The summed E-state index contributed by atoms with van der Waals surface area (Å²) >= 11 is 0. The second-order valence-corrected chi connectivity index (χ2v) is 4.04. The number of aliphatic carboxylic acids is 1. The average Bonchev–Trinajstić information content (AvgIpc) is 1.98. The van der Waals surface area contributed by atoms with E-state index in [2.05, 4.69) is 0 Å². The molecule has 0 unspecified atom stereocenters. The van der Waals surface area contributed by atoms with Gasteiger partial charge in [0, 0.05) is 0 Å². The smallest absolute Gasteiger partial charge is 0.324 e. The Balaban J connectivity index is 4.90. The van der Waals surface area contributed by atoms with Gasteiger partial charge in [0.2, 0.25) is 0 Å². The van der Waals surface area contributed by atoms with Gasteiger partial charge in [-0.3, -0.25) is 4.79 Å². The maximum atomic E-state index is 10.8. The summed E-state index contributed by atoms with van der Waals surface area (Å²) in [4.78, 5) is 10.8. The van der Waals surface area contributed by atoms with Gasteiger partial charge in [0.25, 0.3) is 10.2 Å². The number of nitrogens with one attached hydrogen (secondary N) is 1. The number of nitrogens with two attached hydrogens (primary N) is 1. The number of carboxylic acids is 1. The van der Waals surface area contributed by atoms with Crippen molar-refractivity contribution in [1.29, 1.82) is 0 Å². The van der Waals surface area contributed by atoms with Gasteiger partial charge in [0.05, 0.1) is 0 Å². The quantitative estimate of drug-likeness (QED) is 0.564. The van der Waals surface area contributed by atoms with E-state index < -0.39 is 21.7 Å². The normalized spacial score (nSPS) is 12.8. The Morgan fingerprint density at radius 2 is 1.85 bits per heavy atom. The van der Waals surface area contributed by atoms with Gasteiger partial charge in [0.15, 0.2) is 0 Å². The molecule has 0 rings (SSSR count). The molecule has 0 fully saturated rings.